The van der Waals surface area contributed by atoms with Crippen LogP contribution in [0.25, 0.3) is 0 Å². The molecule has 0 aromatic rings. The highest BCUT2D eigenvalue weighted by Gasteiger charge is 2.25. The van der Waals surface area contributed by atoms with E-state index in [1.807, 2.05) is 27.7 Å². The molecule has 0 aromatic carbocycles. The minimum absolute atomic E-state index is 0.0382. The summed E-state index contributed by atoms with van der Waals surface area (Å²) in [5.74, 6) is 0.190. The summed E-state index contributed by atoms with van der Waals surface area (Å²) in [6, 6.07) is 0. The number of carbonyl (C=O) groups excluding carboxylic acids is 2. The molecule has 0 unspecified atom stereocenters. The SMILES string of the molecule is CCCC[C@H](C)C(=O)CC(=O)C(C)(C)C. The number of unbranched alkanes of at least 4 members (excludes halogenated alkanes) is 1. The van der Waals surface area contributed by atoms with Crippen LogP contribution in [-0.2, 0) is 9.59 Å². The van der Waals surface area contributed by atoms with Gasteiger partial charge >= 0.3 is 0 Å². The van der Waals surface area contributed by atoms with Gasteiger partial charge in [-0.1, -0.05) is 47.5 Å². The molecule has 0 saturated heterocycles. The summed E-state index contributed by atoms with van der Waals surface area (Å²) < 4.78 is 0. The van der Waals surface area contributed by atoms with E-state index in [4.69, 9.17) is 0 Å². The average molecular weight is 212 g/mol. The summed E-state index contributed by atoms with van der Waals surface area (Å²) in [4.78, 5) is 23.3. The summed E-state index contributed by atoms with van der Waals surface area (Å²) in [5.41, 5.74) is -0.389. The number of rotatable bonds is 6. The van der Waals surface area contributed by atoms with Gasteiger partial charge in [-0.15, -0.1) is 0 Å². The first-order valence-corrected chi connectivity index (χ1v) is 5.85. The Kier molecular flexibility index (Phi) is 5.77. The van der Waals surface area contributed by atoms with Gasteiger partial charge in [0.1, 0.15) is 11.6 Å². The summed E-state index contributed by atoms with van der Waals surface area (Å²) >= 11 is 0. The first-order chi connectivity index (χ1) is 6.79. The Morgan fingerprint density at radius 1 is 1.20 bits per heavy atom. The van der Waals surface area contributed by atoms with Gasteiger partial charge in [-0.3, -0.25) is 9.59 Å². The molecule has 0 rings (SSSR count). The van der Waals surface area contributed by atoms with E-state index in [0.29, 0.717) is 0 Å². The normalized spacial score (nSPS) is 13.7. The van der Waals surface area contributed by atoms with Crippen LogP contribution in [0.2, 0.25) is 0 Å². The summed E-state index contributed by atoms with van der Waals surface area (Å²) in [6.45, 7) is 9.61. The minimum atomic E-state index is -0.389. The standard InChI is InChI=1S/C13H24O2/c1-6-7-8-10(2)11(14)9-12(15)13(3,4)5/h10H,6-9H2,1-5H3/t10-/m0/s1. The highest BCUT2D eigenvalue weighted by molar-refractivity contribution is 6.02. The lowest BCUT2D eigenvalue weighted by Crippen LogP contribution is -2.25. The fourth-order valence-corrected chi connectivity index (χ4v) is 1.27. The lowest BCUT2D eigenvalue weighted by Gasteiger charge is -2.17. The van der Waals surface area contributed by atoms with Gasteiger partial charge in [0, 0.05) is 11.3 Å². The van der Waals surface area contributed by atoms with Crippen LogP contribution in [0.5, 0.6) is 0 Å². The van der Waals surface area contributed by atoms with Gasteiger partial charge in [-0.25, -0.2) is 0 Å². The minimum Gasteiger partial charge on any atom is -0.299 e. The zero-order valence-corrected chi connectivity index (χ0v) is 10.7. The molecule has 0 aromatic heterocycles. The van der Waals surface area contributed by atoms with E-state index in [1.165, 1.54) is 0 Å². The molecule has 0 fully saturated rings. The molecular weight excluding hydrogens is 188 g/mol. The van der Waals surface area contributed by atoms with Gasteiger partial charge in [-0.05, 0) is 6.42 Å². The van der Waals surface area contributed by atoms with Crippen molar-refractivity contribution in [2.24, 2.45) is 11.3 Å². The third-order valence-corrected chi connectivity index (χ3v) is 2.71. The largest absolute Gasteiger partial charge is 0.299 e. The second-order valence-electron chi connectivity index (χ2n) is 5.36. The van der Waals surface area contributed by atoms with Crippen molar-refractivity contribution in [2.45, 2.75) is 60.3 Å². The van der Waals surface area contributed by atoms with Gasteiger partial charge in [-0.2, -0.15) is 0 Å². The molecule has 15 heavy (non-hydrogen) atoms. The van der Waals surface area contributed by atoms with E-state index in [2.05, 4.69) is 6.92 Å². The molecule has 2 heteroatoms. The molecule has 0 saturated carbocycles. The lowest BCUT2D eigenvalue weighted by molar-refractivity contribution is -0.133. The third kappa shape index (κ3) is 5.71. The van der Waals surface area contributed by atoms with Gasteiger partial charge in [0.05, 0.1) is 6.42 Å². The smallest absolute Gasteiger partial charge is 0.145 e. The molecule has 0 N–H and O–H groups in total. The summed E-state index contributed by atoms with van der Waals surface area (Å²) in [5, 5.41) is 0. The molecule has 0 aliphatic carbocycles. The van der Waals surface area contributed by atoms with Crippen molar-refractivity contribution >= 4 is 11.6 Å². The molecule has 0 amide bonds. The van der Waals surface area contributed by atoms with Gasteiger partial charge in [0.15, 0.2) is 0 Å². The maximum atomic E-state index is 11.7. The molecule has 0 aliphatic rings. The van der Waals surface area contributed by atoms with Crippen LogP contribution in [-0.4, -0.2) is 11.6 Å². The van der Waals surface area contributed by atoms with Crippen molar-refractivity contribution < 1.29 is 9.59 Å². The highest BCUT2D eigenvalue weighted by atomic mass is 16.1. The Balaban J connectivity index is 4.08. The van der Waals surface area contributed by atoms with Crippen molar-refractivity contribution in [3.63, 3.8) is 0 Å². The Labute approximate surface area is 93.4 Å². The van der Waals surface area contributed by atoms with E-state index >= 15 is 0 Å². The number of hydrogen-bond donors (Lipinski definition) is 0. The van der Waals surface area contributed by atoms with Crippen molar-refractivity contribution in [1.29, 1.82) is 0 Å². The van der Waals surface area contributed by atoms with Crippen LogP contribution < -0.4 is 0 Å². The molecule has 1 atom stereocenters. The van der Waals surface area contributed by atoms with Crippen LogP contribution in [0.15, 0.2) is 0 Å². The first-order valence-electron chi connectivity index (χ1n) is 5.85. The quantitative estimate of drug-likeness (QED) is 0.632. The van der Waals surface area contributed by atoms with Crippen LogP contribution in [0, 0.1) is 11.3 Å². The lowest BCUT2D eigenvalue weighted by atomic mass is 9.85. The maximum absolute atomic E-state index is 11.7. The van der Waals surface area contributed by atoms with Gasteiger partial charge in [0.2, 0.25) is 0 Å². The number of hydrogen-bond acceptors (Lipinski definition) is 2. The van der Waals surface area contributed by atoms with Crippen molar-refractivity contribution in [3.05, 3.63) is 0 Å². The molecule has 2 nitrogen and oxygen atoms in total. The van der Waals surface area contributed by atoms with Gasteiger partial charge in [0.25, 0.3) is 0 Å². The summed E-state index contributed by atoms with van der Waals surface area (Å²) in [7, 11) is 0. The molecule has 0 spiro atoms. The molecular formula is C13H24O2. The van der Waals surface area contributed by atoms with E-state index < -0.39 is 0 Å². The number of Topliss-reactive ketones (excluding diaryl/α,β-unsaturated/α-hetero) is 2. The van der Waals surface area contributed by atoms with Crippen molar-refractivity contribution in [1.82, 2.24) is 0 Å². The molecule has 0 heterocycles. The molecule has 88 valence electrons. The highest BCUT2D eigenvalue weighted by Crippen LogP contribution is 2.19. The van der Waals surface area contributed by atoms with Crippen LogP contribution in [0.4, 0.5) is 0 Å². The fourth-order valence-electron chi connectivity index (χ4n) is 1.27. The van der Waals surface area contributed by atoms with E-state index in [-0.39, 0.29) is 29.3 Å². The predicted molar refractivity (Wildman–Crippen MR) is 62.8 cm³/mol. The maximum Gasteiger partial charge on any atom is 0.145 e. The second-order valence-corrected chi connectivity index (χ2v) is 5.36. The Hall–Kier alpha value is -0.660. The van der Waals surface area contributed by atoms with Gasteiger partial charge < -0.3 is 0 Å². The predicted octanol–water partition coefficient (Wildman–Crippen LogP) is 3.39. The monoisotopic (exact) mass is 212 g/mol. The average Bonchev–Trinajstić information content (AvgIpc) is 2.12. The fraction of sp³-hybridized carbons (Fsp3) is 0.846. The van der Waals surface area contributed by atoms with Crippen LogP contribution >= 0.6 is 0 Å². The zero-order chi connectivity index (χ0) is 12.1. The molecule has 0 aliphatic heterocycles. The van der Waals surface area contributed by atoms with E-state index in [0.717, 1.165) is 19.3 Å². The summed E-state index contributed by atoms with van der Waals surface area (Å²) in [6.07, 6.45) is 3.18. The van der Waals surface area contributed by atoms with Crippen molar-refractivity contribution in [2.75, 3.05) is 0 Å². The Morgan fingerprint density at radius 3 is 2.13 bits per heavy atom. The Bertz CT molecular complexity index is 223. The second kappa shape index (κ2) is 6.04. The Morgan fingerprint density at radius 2 is 1.73 bits per heavy atom. The number of ketones is 2. The number of carbonyl (C=O) groups is 2. The van der Waals surface area contributed by atoms with E-state index in [9.17, 15) is 9.59 Å². The topological polar surface area (TPSA) is 34.1 Å². The van der Waals surface area contributed by atoms with Crippen LogP contribution in [0.1, 0.15) is 60.3 Å². The zero-order valence-electron chi connectivity index (χ0n) is 10.7. The first kappa shape index (κ1) is 14.3. The third-order valence-electron chi connectivity index (χ3n) is 2.71. The molecule has 0 radical (unpaired) electrons. The van der Waals surface area contributed by atoms with Crippen LogP contribution in [0.3, 0.4) is 0 Å². The van der Waals surface area contributed by atoms with E-state index in [1.54, 1.807) is 0 Å². The van der Waals surface area contributed by atoms with Crippen molar-refractivity contribution in [3.8, 4) is 0 Å². The molecule has 0 bridgehead atoms.